The summed E-state index contributed by atoms with van der Waals surface area (Å²) in [7, 11) is 0. The Balaban J connectivity index is 1.32. The molecule has 1 aromatic carbocycles. The third-order valence-electron chi connectivity index (χ3n) is 5.85. The molecule has 2 fully saturated rings. The third-order valence-corrected chi connectivity index (χ3v) is 6.22. The van der Waals surface area contributed by atoms with E-state index in [-0.39, 0.29) is 24.9 Å². The number of aliphatic hydroxyl groups excluding tert-OH is 2. The first kappa shape index (κ1) is 22.0. The highest BCUT2D eigenvalue weighted by Crippen LogP contribution is 2.34. The molecule has 164 valence electrons. The quantitative estimate of drug-likeness (QED) is 0.577. The van der Waals surface area contributed by atoms with E-state index in [9.17, 15) is 10.2 Å². The molecular formula is C24H31ClO5. The molecular weight excluding hydrogens is 404 g/mol. The van der Waals surface area contributed by atoms with Crippen molar-refractivity contribution in [1.82, 2.24) is 0 Å². The lowest BCUT2D eigenvalue weighted by atomic mass is 9.93. The summed E-state index contributed by atoms with van der Waals surface area (Å²) in [6, 6.07) is 5.90. The Morgan fingerprint density at radius 2 is 1.97 bits per heavy atom. The first-order chi connectivity index (χ1) is 14.6. The Hall–Kier alpha value is -1.21. The van der Waals surface area contributed by atoms with E-state index in [0.29, 0.717) is 32.2 Å². The standard InChI is InChI=1S/C24H31ClO5/c25-23-8-3-17(24-14-19(27)13-22(15-26)30-24)12-18(23)11-16-1-4-20(5-2-16)28-9-10-29-21-6-7-21/h1-4,8,12,19-22,24,26-27H,5-7,9-11,13-15H2/t19-,20?,22-,24+/m0/s1. The largest absolute Gasteiger partial charge is 0.394 e. The number of ether oxygens (including phenoxy) is 3. The van der Waals surface area contributed by atoms with Crippen LogP contribution in [0.1, 0.15) is 49.3 Å². The molecule has 30 heavy (non-hydrogen) atoms. The zero-order chi connectivity index (χ0) is 20.9. The number of hydrogen-bond acceptors (Lipinski definition) is 5. The topological polar surface area (TPSA) is 68.2 Å². The minimum atomic E-state index is -0.462. The van der Waals surface area contributed by atoms with Gasteiger partial charge in [0, 0.05) is 17.9 Å². The minimum absolute atomic E-state index is 0.0817. The van der Waals surface area contributed by atoms with Crippen LogP contribution in [-0.2, 0) is 20.6 Å². The Bertz CT molecular complexity index is 773. The van der Waals surface area contributed by atoms with Gasteiger partial charge in [-0.25, -0.2) is 0 Å². The average Bonchev–Trinajstić information content (AvgIpc) is 3.58. The van der Waals surface area contributed by atoms with E-state index in [2.05, 4.69) is 24.3 Å². The normalized spacial score (nSPS) is 29.1. The van der Waals surface area contributed by atoms with Crippen LogP contribution in [0.15, 0.2) is 42.0 Å². The number of benzene rings is 1. The van der Waals surface area contributed by atoms with Gasteiger partial charge in [0.05, 0.1) is 50.3 Å². The van der Waals surface area contributed by atoms with Gasteiger partial charge in [0.2, 0.25) is 0 Å². The molecule has 1 saturated heterocycles. The molecule has 4 atom stereocenters. The van der Waals surface area contributed by atoms with Crippen molar-refractivity contribution in [1.29, 1.82) is 0 Å². The van der Waals surface area contributed by atoms with Gasteiger partial charge >= 0.3 is 0 Å². The summed E-state index contributed by atoms with van der Waals surface area (Å²) >= 11 is 6.46. The van der Waals surface area contributed by atoms with Crippen LogP contribution in [0.4, 0.5) is 0 Å². The van der Waals surface area contributed by atoms with Crippen molar-refractivity contribution in [2.24, 2.45) is 0 Å². The second-order valence-corrected chi connectivity index (χ2v) is 8.84. The van der Waals surface area contributed by atoms with Gasteiger partial charge in [0.1, 0.15) is 0 Å². The lowest BCUT2D eigenvalue weighted by Gasteiger charge is -2.32. The number of aliphatic hydroxyl groups is 2. The van der Waals surface area contributed by atoms with Gasteiger partial charge in [-0.1, -0.05) is 42.0 Å². The molecule has 1 heterocycles. The lowest BCUT2D eigenvalue weighted by molar-refractivity contribution is -0.113. The molecule has 1 aliphatic heterocycles. The van der Waals surface area contributed by atoms with Crippen LogP contribution in [0.2, 0.25) is 5.02 Å². The van der Waals surface area contributed by atoms with Gasteiger partial charge in [-0.15, -0.1) is 0 Å². The maximum atomic E-state index is 10.1. The SMILES string of the molecule is OC[C@@H]1C[C@H](O)C[C@H](c2ccc(Cl)c(CC3=CCC(OCCOC4CC4)C=C3)c2)O1. The Morgan fingerprint density at radius 3 is 2.70 bits per heavy atom. The van der Waals surface area contributed by atoms with Crippen molar-refractivity contribution in [3.63, 3.8) is 0 Å². The van der Waals surface area contributed by atoms with Crippen LogP contribution < -0.4 is 0 Å². The molecule has 1 unspecified atom stereocenters. The molecule has 0 aromatic heterocycles. The summed E-state index contributed by atoms with van der Waals surface area (Å²) in [5.41, 5.74) is 3.23. The molecule has 1 aromatic rings. The van der Waals surface area contributed by atoms with Crippen LogP contribution >= 0.6 is 11.6 Å². The lowest BCUT2D eigenvalue weighted by Crippen LogP contribution is -2.33. The predicted molar refractivity (Wildman–Crippen MR) is 116 cm³/mol. The highest BCUT2D eigenvalue weighted by atomic mass is 35.5. The second kappa shape index (κ2) is 10.4. The molecule has 0 bridgehead atoms. The van der Waals surface area contributed by atoms with Crippen molar-refractivity contribution >= 4 is 11.6 Å². The average molecular weight is 435 g/mol. The van der Waals surface area contributed by atoms with Crippen LogP contribution in [0.5, 0.6) is 0 Å². The first-order valence-corrected chi connectivity index (χ1v) is 11.3. The molecule has 0 radical (unpaired) electrons. The minimum Gasteiger partial charge on any atom is -0.394 e. The van der Waals surface area contributed by atoms with Gasteiger partial charge < -0.3 is 24.4 Å². The smallest absolute Gasteiger partial charge is 0.0854 e. The van der Waals surface area contributed by atoms with Gasteiger partial charge in [0.15, 0.2) is 0 Å². The summed E-state index contributed by atoms with van der Waals surface area (Å²) in [4.78, 5) is 0. The summed E-state index contributed by atoms with van der Waals surface area (Å²) in [6.45, 7) is 1.22. The molecule has 0 amide bonds. The fraction of sp³-hybridized carbons (Fsp3) is 0.583. The summed E-state index contributed by atoms with van der Waals surface area (Å²) < 4.78 is 17.4. The van der Waals surface area contributed by atoms with E-state index < -0.39 is 6.10 Å². The van der Waals surface area contributed by atoms with Gasteiger partial charge in [0.25, 0.3) is 0 Å². The summed E-state index contributed by atoms with van der Waals surface area (Å²) in [6.07, 6.45) is 11.0. The highest BCUT2D eigenvalue weighted by molar-refractivity contribution is 6.31. The van der Waals surface area contributed by atoms with Crippen LogP contribution in [-0.4, -0.2) is 54.4 Å². The fourth-order valence-corrected chi connectivity index (χ4v) is 4.21. The van der Waals surface area contributed by atoms with E-state index in [1.807, 2.05) is 12.1 Å². The zero-order valence-electron chi connectivity index (χ0n) is 17.2. The van der Waals surface area contributed by atoms with Gasteiger partial charge in [-0.05, 0) is 48.4 Å². The molecule has 2 N–H and O–H groups in total. The highest BCUT2D eigenvalue weighted by Gasteiger charge is 2.29. The Kier molecular flexibility index (Phi) is 7.63. The monoisotopic (exact) mass is 434 g/mol. The van der Waals surface area contributed by atoms with Crippen LogP contribution in [0.25, 0.3) is 0 Å². The van der Waals surface area contributed by atoms with Crippen molar-refractivity contribution in [2.45, 2.75) is 69.0 Å². The molecule has 1 saturated carbocycles. The molecule has 6 heteroatoms. The zero-order valence-corrected chi connectivity index (χ0v) is 18.0. The Morgan fingerprint density at radius 1 is 1.13 bits per heavy atom. The van der Waals surface area contributed by atoms with Crippen molar-refractivity contribution < 1.29 is 24.4 Å². The molecule has 4 rings (SSSR count). The van der Waals surface area contributed by atoms with Crippen molar-refractivity contribution in [3.05, 3.63) is 58.1 Å². The van der Waals surface area contributed by atoms with E-state index in [1.54, 1.807) is 0 Å². The van der Waals surface area contributed by atoms with E-state index in [4.69, 9.17) is 25.8 Å². The third kappa shape index (κ3) is 6.16. The predicted octanol–water partition coefficient (Wildman–Crippen LogP) is 3.91. The molecule has 5 nitrogen and oxygen atoms in total. The van der Waals surface area contributed by atoms with Crippen LogP contribution in [0, 0.1) is 0 Å². The van der Waals surface area contributed by atoms with Crippen LogP contribution in [0.3, 0.4) is 0 Å². The summed E-state index contributed by atoms with van der Waals surface area (Å²) in [5, 5.41) is 20.2. The van der Waals surface area contributed by atoms with Gasteiger partial charge in [-0.2, -0.15) is 0 Å². The van der Waals surface area contributed by atoms with E-state index in [1.165, 1.54) is 18.4 Å². The maximum Gasteiger partial charge on any atom is 0.0854 e. The number of rotatable bonds is 9. The Labute approximate surface area is 183 Å². The fourth-order valence-electron chi connectivity index (χ4n) is 4.02. The summed E-state index contributed by atoms with van der Waals surface area (Å²) in [5.74, 6) is 0. The second-order valence-electron chi connectivity index (χ2n) is 8.44. The number of hydrogen-bond donors (Lipinski definition) is 2. The number of halogens is 1. The van der Waals surface area contributed by atoms with Crippen molar-refractivity contribution in [2.75, 3.05) is 19.8 Å². The molecule has 3 aliphatic rings. The van der Waals surface area contributed by atoms with Crippen molar-refractivity contribution in [3.8, 4) is 0 Å². The molecule has 0 spiro atoms. The maximum absolute atomic E-state index is 10.1. The van der Waals surface area contributed by atoms with E-state index in [0.717, 1.165) is 29.0 Å². The first-order valence-electron chi connectivity index (χ1n) is 10.9. The number of allylic oxidation sites excluding steroid dienone is 2. The molecule has 2 aliphatic carbocycles. The van der Waals surface area contributed by atoms with E-state index >= 15 is 0 Å². The van der Waals surface area contributed by atoms with Gasteiger partial charge in [-0.3, -0.25) is 0 Å².